The van der Waals surface area contributed by atoms with Gasteiger partial charge in [0.05, 0.1) is 12.4 Å². The number of methoxy groups -OCH3 is 1. The van der Waals surface area contributed by atoms with Crippen LogP contribution in [0, 0.1) is 0 Å². The molecule has 1 saturated carbocycles. The maximum Gasteiger partial charge on any atom is 0.186 e. The van der Waals surface area contributed by atoms with E-state index >= 15 is 0 Å². The molecule has 0 bridgehead atoms. The second-order valence-electron chi connectivity index (χ2n) is 5.39. The summed E-state index contributed by atoms with van der Waals surface area (Å²) < 4.78 is 31.0. The summed E-state index contributed by atoms with van der Waals surface area (Å²) in [6, 6.07) is 6.51. The van der Waals surface area contributed by atoms with Gasteiger partial charge in [-0.2, -0.15) is 0 Å². The Morgan fingerprint density at radius 2 is 1.75 bits per heavy atom. The number of rotatable bonds is 3. The Morgan fingerprint density at radius 3 is 2.45 bits per heavy atom. The van der Waals surface area contributed by atoms with Crippen LogP contribution in [0.3, 0.4) is 0 Å². The van der Waals surface area contributed by atoms with Crippen molar-refractivity contribution < 1.29 is 13.2 Å². The minimum atomic E-state index is -3.44. The number of hydrogen-bond acceptors (Lipinski definition) is 4. The van der Waals surface area contributed by atoms with Gasteiger partial charge in [0.25, 0.3) is 0 Å². The van der Waals surface area contributed by atoms with E-state index in [1.54, 1.807) is 24.3 Å². The molecule has 2 atom stereocenters. The molecular formula is C15H23NO3S. The van der Waals surface area contributed by atoms with Crippen molar-refractivity contribution in [1.29, 1.82) is 0 Å². The minimum absolute atomic E-state index is 0.267. The van der Waals surface area contributed by atoms with Gasteiger partial charge in [0.1, 0.15) is 10.6 Å². The lowest BCUT2D eigenvalue weighted by Gasteiger charge is -2.26. The van der Waals surface area contributed by atoms with Crippen LogP contribution in [-0.2, 0) is 9.84 Å². The SMILES string of the molecule is COc1ccccc1S(=O)(=O)C1CCCCCCC1N. The van der Waals surface area contributed by atoms with Crippen LogP contribution in [0.25, 0.3) is 0 Å². The predicted molar refractivity (Wildman–Crippen MR) is 79.6 cm³/mol. The van der Waals surface area contributed by atoms with Gasteiger partial charge in [0.15, 0.2) is 9.84 Å². The van der Waals surface area contributed by atoms with Crippen LogP contribution in [0.1, 0.15) is 38.5 Å². The van der Waals surface area contributed by atoms with Gasteiger partial charge in [0, 0.05) is 6.04 Å². The Labute approximate surface area is 121 Å². The average molecular weight is 297 g/mol. The minimum Gasteiger partial charge on any atom is -0.495 e. The van der Waals surface area contributed by atoms with E-state index in [9.17, 15) is 8.42 Å². The van der Waals surface area contributed by atoms with Crippen molar-refractivity contribution in [3.63, 3.8) is 0 Å². The van der Waals surface area contributed by atoms with Gasteiger partial charge in [-0.25, -0.2) is 8.42 Å². The first-order chi connectivity index (χ1) is 9.57. The van der Waals surface area contributed by atoms with Gasteiger partial charge in [-0.3, -0.25) is 0 Å². The van der Waals surface area contributed by atoms with Gasteiger partial charge in [-0.1, -0.05) is 37.8 Å². The van der Waals surface area contributed by atoms with E-state index in [4.69, 9.17) is 10.5 Å². The molecule has 0 heterocycles. The summed E-state index contributed by atoms with van der Waals surface area (Å²) in [6.07, 6.45) is 5.59. The summed E-state index contributed by atoms with van der Waals surface area (Å²) in [7, 11) is -1.95. The Morgan fingerprint density at radius 1 is 1.10 bits per heavy atom. The number of benzene rings is 1. The second kappa shape index (κ2) is 6.59. The highest BCUT2D eigenvalue weighted by Crippen LogP contribution is 2.31. The predicted octanol–water partition coefficient (Wildman–Crippen LogP) is 2.52. The van der Waals surface area contributed by atoms with E-state index < -0.39 is 15.1 Å². The fraction of sp³-hybridized carbons (Fsp3) is 0.600. The molecule has 2 rings (SSSR count). The lowest BCUT2D eigenvalue weighted by Crippen LogP contribution is -2.41. The Balaban J connectivity index is 2.36. The molecule has 1 aromatic carbocycles. The standard InChI is InChI=1S/C15H23NO3S/c1-19-13-9-6-7-11-15(13)20(17,18)14-10-5-3-2-4-8-12(14)16/h6-7,9,11-12,14H,2-5,8,10,16H2,1H3. The highest BCUT2D eigenvalue weighted by molar-refractivity contribution is 7.92. The third kappa shape index (κ3) is 3.15. The van der Waals surface area contributed by atoms with Crippen molar-refractivity contribution in [1.82, 2.24) is 0 Å². The zero-order valence-corrected chi connectivity index (χ0v) is 12.7. The number of ether oxygens (including phenoxy) is 1. The zero-order chi connectivity index (χ0) is 14.6. The van der Waals surface area contributed by atoms with Crippen molar-refractivity contribution in [2.45, 2.75) is 54.7 Å². The van der Waals surface area contributed by atoms with Crippen LogP contribution in [0.5, 0.6) is 5.75 Å². The largest absolute Gasteiger partial charge is 0.495 e. The summed E-state index contributed by atoms with van der Waals surface area (Å²) in [5.74, 6) is 0.404. The first-order valence-corrected chi connectivity index (χ1v) is 8.74. The molecule has 0 saturated heterocycles. The number of nitrogens with two attached hydrogens (primary N) is 1. The molecule has 1 aliphatic carbocycles. The van der Waals surface area contributed by atoms with E-state index in [0.29, 0.717) is 12.2 Å². The Kier molecular flexibility index (Phi) is 5.05. The molecule has 1 fully saturated rings. The van der Waals surface area contributed by atoms with Crippen molar-refractivity contribution in [3.05, 3.63) is 24.3 Å². The van der Waals surface area contributed by atoms with Crippen LogP contribution in [-0.4, -0.2) is 26.8 Å². The van der Waals surface area contributed by atoms with E-state index in [1.807, 2.05) is 0 Å². The molecular weight excluding hydrogens is 274 g/mol. The van der Waals surface area contributed by atoms with E-state index in [-0.39, 0.29) is 10.9 Å². The second-order valence-corrected chi connectivity index (χ2v) is 7.53. The molecule has 0 radical (unpaired) electrons. The first kappa shape index (κ1) is 15.3. The average Bonchev–Trinajstić information content (AvgIpc) is 2.42. The van der Waals surface area contributed by atoms with Gasteiger partial charge in [-0.05, 0) is 25.0 Å². The number of sulfone groups is 1. The molecule has 5 heteroatoms. The summed E-state index contributed by atoms with van der Waals surface area (Å²) >= 11 is 0. The molecule has 1 aliphatic rings. The summed E-state index contributed by atoms with van der Waals surface area (Å²) in [5.41, 5.74) is 6.14. The molecule has 0 aromatic heterocycles. The Hall–Kier alpha value is -1.07. The molecule has 4 nitrogen and oxygen atoms in total. The van der Waals surface area contributed by atoms with E-state index in [1.165, 1.54) is 7.11 Å². The molecule has 0 aliphatic heterocycles. The fourth-order valence-electron chi connectivity index (χ4n) is 2.88. The Bertz CT molecular complexity index is 542. The third-order valence-corrected chi connectivity index (χ3v) is 6.36. The summed E-state index contributed by atoms with van der Waals surface area (Å²) in [4.78, 5) is 0.267. The number of hydrogen-bond donors (Lipinski definition) is 1. The smallest absolute Gasteiger partial charge is 0.186 e. The van der Waals surface area contributed by atoms with Gasteiger partial charge >= 0.3 is 0 Å². The molecule has 2 N–H and O–H groups in total. The molecule has 1 aromatic rings. The van der Waals surface area contributed by atoms with Gasteiger partial charge < -0.3 is 10.5 Å². The summed E-state index contributed by atoms with van der Waals surface area (Å²) in [6.45, 7) is 0. The highest BCUT2D eigenvalue weighted by Gasteiger charge is 2.34. The van der Waals surface area contributed by atoms with Gasteiger partial charge in [-0.15, -0.1) is 0 Å². The molecule has 0 spiro atoms. The van der Waals surface area contributed by atoms with Crippen LogP contribution < -0.4 is 10.5 Å². The lowest BCUT2D eigenvalue weighted by atomic mass is 9.97. The molecule has 0 amide bonds. The normalized spacial score (nSPS) is 24.7. The van der Waals surface area contributed by atoms with Crippen LogP contribution >= 0.6 is 0 Å². The molecule has 20 heavy (non-hydrogen) atoms. The third-order valence-electron chi connectivity index (χ3n) is 4.03. The van der Waals surface area contributed by atoms with Crippen molar-refractivity contribution in [3.8, 4) is 5.75 Å². The summed E-state index contributed by atoms with van der Waals surface area (Å²) in [5, 5.41) is -0.501. The monoisotopic (exact) mass is 297 g/mol. The topological polar surface area (TPSA) is 69.4 Å². The van der Waals surface area contributed by atoms with Gasteiger partial charge in [0.2, 0.25) is 0 Å². The maximum absolute atomic E-state index is 12.9. The lowest BCUT2D eigenvalue weighted by molar-refractivity contribution is 0.400. The van der Waals surface area contributed by atoms with Crippen LogP contribution in [0.2, 0.25) is 0 Å². The first-order valence-electron chi connectivity index (χ1n) is 7.20. The quantitative estimate of drug-likeness (QED) is 0.930. The zero-order valence-electron chi connectivity index (χ0n) is 11.9. The van der Waals surface area contributed by atoms with E-state index in [0.717, 1.165) is 32.1 Å². The van der Waals surface area contributed by atoms with Crippen LogP contribution in [0.4, 0.5) is 0 Å². The number of para-hydroxylation sites is 1. The molecule has 2 unspecified atom stereocenters. The molecule has 112 valence electrons. The van der Waals surface area contributed by atoms with Crippen molar-refractivity contribution >= 4 is 9.84 Å². The fourth-order valence-corrected chi connectivity index (χ4v) is 4.98. The highest BCUT2D eigenvalue weighted by atomic mass is 32.2. The van der Waals surface area contributed by atoms with Crippen molar-refractivity contribution in [2.24, 2.45) is 5.73 Å². The van der Waals surface area contributed by atoms with E-state index in [2.05, 4.69) is 0 Å². The maximum atomic E-state index is 12.9. The van der Waals surface area contributed by atoms with Crippen molar-refractivity contribution in [2.75, 3.05) is 7.11 Å². The van der Waals surface area contributed by atoms with Crippen LogP contribution in [0.15, 0.2) is 29.2 Å².